The Morgan fingerprint density at radius 1 is 1.14 bits per heavy atom. The Labute approximate surface area is 189 Å². The molecule has 3 rings (SSSR count). The SMILES string of the molecule is CN=C(NCCCOCC1CC1)NCc1ccc(Cn2ccccc2=O)cc1.I. The smallest absolute Gasteiger partial charge is 0.250 e. The summed E-state index contributed by atoms with van der Waals surface area (Å²) in [6.07, 6.45) is 5.45. The highest BCUT2D eigenvalue weighted by Gasteiger charge is 2.20. The summed E-state index contributed by atoms with van der Waals surface area (Å²) in [7, 11) is 1.78. The monoisotopic (exact) mass is 510 g/mol. The number of nitrogens with zero attached hydrogens (tertiary/aromatic N) is 2. The standard InChI is InChI=1S/C22H30N4O2.HI/c1-23-22(24-12-4-14-28-17-20-10-11-20)25-15-18-6-8-19(9-7-18)16-26-13-3-2-5-21(26)27;/h2-3,5-9,13,20H,4,10-12,14-17H2,1H3,(H2,23,24,25);1H. The van der Waals surface area contributed by atoms with E-state index in [9.17, 15) is 4.79 Å². The van der Waals surface area contributed by atoms with Crippen molar-refractivity contribution in [3.63, 3.8) is 0 Å². The van der Waals surface area contributed by atoms with Crippen LogP contribution in [0.15, 0.2) is 58.4 Å². The van der Waals surface area contributed by atoms with Gasteiger partial charge in [0.05, 0.1) is 6.54 Å². The number of benzene rings is 1. The number of halogens is 1. The minimum Gasteiger partial charge on any atom is -0.381 e. The number of hydrogen-bond donors (Lipinski definition) is 2. The molecule has 2 N–H and O–H groups in total. The van der Waals surface area contributed by atoms with Crippen LogP contribution < -0.4 is 16.2 Å². The molecule has 29 heavy (non-hydrogen) atoms. The van der Waals surface area contributed by atoms with Crippen molar-refractivity contribution in [1.82, 2.24) is 15.2 Å². The van der Waals surface area contributed by atoms with E-state index in [4.69, 9.17) is 4.74 Å². The van der Waals surface area contributed by atoms with E-state index in [1.54, 1.807) is 23.7 Å². The van der Waals surface area contributed by atoms with Gasteiger partial charge in [0.25, 0.3) is 5.56 Å². The zero-order valence-corrected chi connectivity index (χ0v) is 19.3. The van der Waals surface area contributed by atoms with Crippen LogP contribution in [0.5, 0.6) is 0 Å². The number of pyridine rings is 1. The summed E-state index contributed by atoms with van der Waals surface area (Å²) in [5.74, 6) is 1.62. The number of nitrogens with one attached hydrogen (secondary N) is 2. The van der Waals surface area contributed by atoms with Gasteiger partial charge >= 0.3 is 0 Å². The predicted molar refractivity (Wildman–Crippen MR) is 128 cm³/mol. The van der Waals surface area contributed by atoms with Crippen LogP contribution in [0.1, 0.15) is 30.4 Å². The maximum Gasteiger partial charge on any atom is 0.250 e. The maximum atomic E-state index is 11.8. The summed E-state index contributed by atoms with van der Waals surface area (Å²) in [4.78, 5) is 16.1. The fourth-order valence-electron chi connectivity index (χ4n) is 2.87. The highest BCUT2D eigenvalue weighted by molar-refractivity contribution is 14.0. The van der Waals surface area contributed by atoms with Crippen LogP contribution in [0, 0.1) is 5.92 Å². The average molecular weight is 510 g/mol. The molecule has 1 aliphatic rings. The van der Waals surface area contributed by atoms with Crippen LogP contribution in [-0.2, 0) is 17.8 Å². The Balaban J connectivity index is 0.00000300. The molecule has 0 amide bonds. The predicted octanol–water partition coefficient (Wildman–Crippen LogP) is 3.00. The molecule has 0 aliphatic heterocycles. The molecule has 1 heterocycles. The van der Waals surface area contributed by atoms with E-state index < -0.39 is 0 Å². The molecule has 1 fully saturated rings. The third-order valence-electron chi connectivity index (χ3n) is 4.77. The summed E-state index contributed by atoms with van der Waals surface area (Å²) in [5, 5.41) is 6.64. The second-order valence-corrected chi connectivity index (χ2v) is 7.21. The fraction of sp³-hybridized carbons (Fsp3) is 0.455. The highest BCUT2D eigenvalue weighted by Crippen LogP contribution is 2.28. The molecule has 2 aromatic rings. The highest BCUT2D eigenvalue weighted by atomic mass is 127. The Hall–Kier alpha value is -1.87. The van der Waals surface area contributed by atoms with E-state index in [1.165, 1.54) is 18.4 Å². The molecule has 1 aromatic carbocycles. The Morgan fingerprint density at radius 2 is 1.90 bits per heavy atom. The van der Waals surface area contributed by atoms with E-state index in [1.807, 2.05) is 12.3 Å². The number of ether oxygens (including phenoxy) is 1. The molecule has 0 saturated heterocycles. The van der Waals surface area contributed by atoms with E-state index in [0.29, 0.717) is 13.1 Å². The zero-order valence-electron chi connectivity index (χ0n) is 17.0. The van der Waals surface area contributed by atoms with E-state index in [2.05, 4.69) is 39.9 Å². The lowest BCUT2D eigenvalue weighted by Gasteiger charge is -2.12. The normalized spacial score (nSPS) is 13.6. The van der Waals surface area contributed by atoms with Crippen molar-refractivity contribution in [2.75, 3.05) is 26.8 Å². The van der Waals surface area contributed by atoms with Crippen LogP contribution in [0.3, 0.4) is 0 Å². The first kappa shape index (κ1) is 23.4. The molecular weight excluding hydrogens is 479 g/mol. The summed E-state index contributed by atoms with van der Waals surface area (Å²) in [6.45, 7) is 3.84. The molecule has 1 aromatic heterocycles. The molecule has 158 valence electrons. The molecule has 6 nitrogen and oxygen atoms in total. The van der Waals surface area contributed by atoms with Crippen LogP contribution in [0.2, 0.25) is 0 Å². The topological polar surface area (TPSA) is 67.7 Å². The lowest BCUT2D eigenvalue weighted by molar-refractivity contribution is 0.123. The number of aromatic nitrogens is 1. The lowest BCUT2D eigenvalue weighted by Crippen LogP contribution is -2.37. The minimum absolute atomic E-state index is 0. The Bertz CT molecular complexity index is 816. The van der Waals surface area contributed by atoms with Gasteiger partial charge in [0.15, 0.2) is 5.96 Å². The van der Waals surface area contributed by atoms with Crippen molar-refractivity contribution in [3.05, 3.63) is 70.1 Å². The van der Waals surface area contributed by atoms with Gasteiger partial charge in [-0.15, -0.1) is 24.0 Å². The largest absolute Gasteiger partial charge is 0.381 e. The molecule has 0 bridgehead atoms. The van der Waals surface area contributed by atoms with Crippen LogP contribution >= 0.6 is 24.0 Å². The van der Waals surface area contributed by atoms with E-state index >= 15 is 0 Å². The first-order valence-corrected chi connectivity index (χ1v) is 10.00. The molecule has 0 unspecified atom stereocenters. The van der Waals surface area contributed by atoms with Gasteiger partial charge in [0.2, 0.25) is 0 Å². The van der Waals surface area contributed by atoms with Crippen molar-refractivity contribution in [2.24, 2.45) is 10.9 Å². The quantitative estimate of drug-likeness (QED) is 0.223. The van der Waals surface area contributed by atoms with Crippen LogP contribution in [0.4, 0.5) is 0 Å². The van der Waals surface area contributed by atoms with Gasteiger partial charge in [-0.05, 0) is 42.4 Å². The number of guanidine groups is 1. The Morgan fingerprint density at radius 3 is 2.59 bits per heavy atom. The van der Waals surface area contributed by atoms with E-state index in [-0.39, 0.29) is 29.5 Å². The maximum absolute atomic E-state index is 11.8. The minimum atomic E-state index is 0. The van der Waals surface area contributed by atoms with E-state index in [0.717, 1.165) is 43.6 Å². The van der Waals surface area contributed by atoms with Gasteiger partial charge in [-0.3, -0.25) is 9.79 Å². The van der Waals surface area contributed by atoms with Crippen molar-refractivity contribution in [1.29, 1.82) is 0 Å². The second kappa shape index (κ2) is 12.6. The van der Waals surface area contributed by atoms with Crippen molar-refractivity contribution in [3.8, 4) is 0 Å². The molecule has 1 aliphatic carbocycles. The van der Waals surface area contributed by atoms with Crippen molar-refractivity contribution >= 4 is 29.9 Å². The number of rotatable bonds is 10. The van der Waals surface area contributed by atoms with Gasteiger partial charge in [0.1, 0.15) is 0 Å². The van der Waals surface area contributed by atoms with Crippen LogP contribution in [0.25, 0.3) is 0 Å². The van der Waals surface area contributed by atoms with Gasteiger partial charge in [-0.25, -0.2) is 0 Å². The van der Waals surface area contributed by atoms with Crippen molar-refractivity contribution in [2.45, 2.75) is 32.4 Å². The van der Waals surface area contributed by atoms with Gasteiger partial charge in [-0.2, -0.15) is 0 Å². The Kier molecular flexibility index (Phi) is 10.2. The number of hydrogen-bond acceptors (Lipinski definition) is 3. The number of aliphatic imine (C=N–C) groups is 1. The fourth-order valence-corrected chi connectivity index (χ4v) is 2.87. The summed E-state index contributed by atoms with van der Waals surface area (Å²) in [6, 6.07) is 13.5. The van der Waals surface area contributed by atoms with Gasteiger partial charge in [-0.1, -0.05) is 30.3 Å². The molecule has 0 radical (unpaired) electrons. The molecule has 7 heteroatoms. The molecular formula is C22H31IN4O2. The van der Waals surface area contributed by atoms with Crippen molar-refractivity contribution < 1.29 is 4.74 Å². The lowest BCUT2D eigenvalue weighted by atomic mass is 10.1. The first-order chi connectivity index (χ1) is 13.7. The molecule has 0 spiro atoms. The zero-order chi connectivity index (χ0) is 19.6. The second-order valence-electron chi connectivity index (χ2n) is 7.21. The van der Waals surface area contributed by atoms with Crippen LogP contribution in [-0.4, -0.2) is 37.3 Å². The molecule has 1 saturated carbocycles. The van der Waals surface area contributed by atoms with Gasteiger partial charge < -0.3 is 19.9 Å². The first-order valence-electron chi connectivity index (χ1n) is 10.00. The third kappa shape index (κ3) is 8.57. The molecule has 0 atom stereocenters. The third-order valence-corrected chi connectivity index (χ3v) is 4.77. The average Bonchev–Trinajstić information content (AvgIpc) is 3.54. The van der Waals surface area contributed by atoms with Gasteiger partial charge in [0, 0.05) is 45.6 Å². The summed E-state index contributed by atoms with van der Waals surface area (Å²) in [5.41, 5.74) is 2.28. The summed E-state index contributed by atoms with van der Waals surface area (Å²) < 4.78 is 7.34. The summed E-state index contributed by atoms with van der Waals surface area (Å²) >= 11 is 0.